The summed E-state index contributed by atoms with van der Waals surface area (Å²) in [6.07, 6.45) is 10.5. The van der Waals surface area contributed by atoms with Crippen LogP contribution in [0.3, 0.4) is 0 Å². The van der Waals surface area contributed by atoms with Crippen LogP contribution in [-0.4, -0.2) is 44.7 Å². The molecule has 0 aromatic rings. The number of hydrogen-bond acceptors (Lipinski definition) is 4. The lowest BCUT2D eigenvalue weighted by Gasteiger charge is -2.20. The van der Waals surface area contributed by atoms with Crippen LogP contribution in [0.15, 0.2) is 24.3 Å². The number of aliphatic carboxylic acids is 1. The van der Waals surface area contributed by atoms with E-state index in [9.17, 15) is 20.1 Å². The molecule has 0 saturated heterocycles. The van der Waals surface area contributed by atoms with Gasteiger partial charge < -0.3 is 20.4 Å². The highest BCUT2D eigenvalue weighted by Crippen LogP contribution is 2.13. The third-order valence-corrected chi connectivity index (χ3v) is 3.64. The van der Waals surface area contributed by atoms with E-state index >= 15 is 0 Å². The average molecular weight is 328 g/mol. The van der Waals surface area contributed by atoms with Crippen molar-refractivity contribution in [3.05, 3.63) is 24.3 Å². The second-order valence-corrected chi connectivity index (χ2v) is 5.79. The molecule has 0 amide bonds. The Balaban J connectivity index is 3.77. The first-order valence-corrected chi connectivity index (χ1v) is 8.56. The SMILES string of the molecule is CC/C=C\C/C=C\[C@H](O)[C@@H](O)[C@H](O)CCCCCCCC(=O)O. The van der Waals surface area contributed by atoms with E-state index < -0.39 is 24.3 Å². The standard InChI is InChI=1S/C18H32O5/c1-2-3-4-6-9-12-15(19)18(23)16(20)13-10-7-5-8-11-14-17(21)22/h3-4,9,12,15-16,18-20,23H,2,5-8,10-11,13-14H2,1H3,(H,21,22)/b4-3-,12-9-/t15-,16+,18+/m0/s1. The molecular formula is C18H32O5. The van der Waals surface area contributed by atoms with Gasteiger partial charge in [0, 0.05) is 6.42 Å². The van der Waals surface area contributed by atoms with Crippen LogP contribution in [0.2, 0.25) is 0 Å². The molecule has 0 radical (unpaired) electrons. The summed E-state index contributed by atoms with van der Waals surface area (Å²) in [6.45, 7) is 2.04. The lowest BCUT2D eigenvalue weighted by molar-refractivity contribution is -0.137. The largest absolute Gasteiger partial charge is 0.481 e. The number of unbranched alkanes of at least 4 members (excludes halogenated alkanes) is 4. The van der Waals surface area contributed by atoms with E-state index in [2.05, 4.69) is 0 Å². The van der Waals surface area contributed by atoms with Gasteiger partial charge in [-0.3, -0.25) is 4.79 Å². The maximum absolute atomic E-state index is 10.3. The second-order valence-electron chi connectivity index (χ2n) is 5.79. The van der Waals surface area contributed by atoms with Crippen molar-refractivity contribution in [1.82, 2.24) is 0 Å². The monoisotopic (exact) mass is 328 g/mol. The van der Waals surface area contributed by atoms with Gasteiger partial charge in [-0.2, -0.15) is 0 Å². The van der Waals surface area contributed by atoms with Crippen LogP contribution < -0.4 is 0 Å². The Kier molecular flexibility index (Phi) is 13.7. The maximum atomic E-state index is 10.3. The van der Waals surface area contributed by atoms with Crippen LogP contribution >= 0.6 is 0 Å². The molecule has 23 heavy (non-hydrogen) atoms. The molecule has 0 spiro atoms. The van der Waals surface area contributed by atoms with Gasteiger partial charge in [0.25, 0.3) is 0 Å². The first kappa shape index (κ1) is 21.8. The summed E-state index contributed by atoms with van der Waals surface area (Å²) < 4.78 is 0. The smallest absolute Gasteiger partial charge is 0.303 e. The number of carboxylic acid groups (broad SMARTS) is 1. The minimum Gasteiger partial charge on any atom is -0.481 e. The number of aliphatic hydroxyl groups excluding tert-OH is 3. The Morgan fingerprint density at radius 1 is 0.957 bits per heavy atom. The van der Waals surface area contributed by atoms with Crippen LogP contribution in [0.4, 0.5) is 0 Å². The average Bonchev–Trinajstić information content (AvgIpc) is 2.52. The summed E-state index contributed by atoms with van der Waals surface area (Å²) in [5.74, 6) is -0.768. The van der Waals surface area contributed by atoms with E-state index in [1.54, 1.807) is 6.08 Å². The Morgan fingerprint density at radius 3 is 2.26 bits per heavy atom. The minimum atomic E-state index is -1.17. The van der Waals surface area contributed by atoms with Crippen molar-refractivity contribution in [2.24, 2.45) is 0 Å². The molecule has 4 N–H and O–H groups in total. The Bertz CT molecular complexity index is 351. The molecule has 0 aliphatic carbocycles. The first-order chi connectivity index (χ1) is 11.0. The minimum absolute atomic E-state index is 0.202. The Labute approximate surface area is 139 Å². The van der Waals surface area contributed by atoms with Crippen molar-refractivity contribution in [3.63, 3.8) is 0 Å². The lowest BCUT2D eigenvalue weighted by Crippen LogP contribution is -2.36. The fourth-order valence-electron chi connectivity index (χ4n) is 2.23. The number of rotatable bonds is 14. The third-order valence-electron chi connectivity index (χ3n) is 3.64. The van der Waals surface area contributed by atoms with Crippen LogP contribution in [0, 0.1) is 0 Å². The van der Waals surface area contributed by atoms with Crippen molar-refractivity contribution in [2.45, 2.75) is 83.0 Å². The molecule has 0 aliphatic heterocycles. The van der Waals surface area contributed by atoms with Gasteiger partial charge in [0.15, 0.2) is 0 Å². The molecule has 0 bridgehead atoms. The van der Waals surface area contributed by atoms with E-state index in [4.69, 9.17) is 5.11 Å². The van der Waals surface area contributed by atoms with Crippen LogP contribution in [0.25, 0.3) is 0 Å². The number of carboxylic acids is 1. The van der Waals surface area contributed by atoms with E-state index in [0.717, 1.165) is 32.1 Å². The number of allylic oxidation sites excluding steroid dienone is 3. The Hall–Kier alpha value is -1.17. The molecular weight excluding hydrogens is 296 g/mol. The van der Waals surface area contributed by atoms with Crippen molar-refractivity contribution in [3.8, 4) is 0 Å². The summed E-state index contributed by atoms with van der Waals surface area (Å²) in [5, 5.41) is 38.0. The maximum Gasteiger partial charge on any atom is 0.303 e. The summed E-state index contributed by atoms with van der Waals surface area (Å²) in [5.41, 5.74) is 0. The highest BCUT2D eigenvalue weighted by molar-refractivity contribution is 5.66. The van der Waals surface area contributed by atoms with Gasteiger partial charge in [-0.05, 0) is 25.7 Å². The molecule has 0 aromatic heterocycles. The topological polar surface area (TPSA) is 98.0 Å². The molecule has 0 aromatic carbocycles. The zero-order valence-electron chi connectivity index (χ0n) is 14.1. The molecule has 5 nitrogen and oxygen atoms in total. The normalized spacial score (nSPS) is 16.0. The summed E-state index contributed by atoms with van der Waals surface area (Å²) in [7, 11) is 0. The predicted molar refractivity (Wildman–Crippen MR) is 91.2 cm³/mol. The van der Waals surface area contributed by atoms with E-state index in [1.807, 2.05) is 19.1 Å². The molecule has 0 aliphatic rings. The molecule has 0 unspecified atom stereocenters. The van der Waals surface area contributed by atoms with Gasteiger partial charge in [0.2, 0.25) is 0 Å². The zero-order valence-corrected chi connectivity index (χ0v) is 14.1. The highest BCUT2D eigenvalue weighted by atomic mass is 16.4. The molecule has 0 saturated carbocycles. The van der Waals surface area contributed by atoms with Crippen molar-refractivity contribution in [1.29, 1.82) is 0 Å². The summed E-state index contributed by atoms with van der Waals surface area (Å²) in [4.78, 5) is 10.3. The number of aliphatic hydroxyl groups is 3. The highest BCUT2D eigenvalue weighted by Gasteiger charge is 2.21. The van der Waals surface area contributed by atoms with Crippen LogP contribution in [0.1, 0.15) is 64.7 Å². The van der Waals surface area contributed by atoms with Gasteiger partial charge in [-0.15, -0.1) is 0 Å². The van der Waals surface area contributed by atoms with E-state index in [1.165, 1.54) is 6.08 Å². The molecule has 5 heteroatoms. The number of hydrogen-bond donors (Lipinski definition) is 4. The van der Waals surface area contributed by atoms with Crippen molar-refractivity contribution < 1.29 is 25.2 Å². The molecule has 3 atom stereocenters. The molecule has 0 rings (SSSR count). The second kappa shape index (κ2) is 14.4. The van der Waals surface area contributed by atoms with Gasteiger partial charge in [0.05, 0.1) is 6.10 Å². The van der Waals surface area contributed by atoms with Crippen molar-refractivity contribution >= 4 is 5.97 Å². The van der Waals surface area contributed by atoms with Gasteiger partial charge >= 0.3 is 5.97 Å². The van der Waals surface area contributed by atoms with E-state index in [-0.39, 0.29) is 6.42 Å². The Morgan fingerprint density at radius 2 is 1.61 bits per heavy atom. The van der Waals surface area contributed by atoms with Crippen LogP contribution in [-0.2, 0) is 4.79 Å². The zero-order chi connectivity index (χ0) is 17.5. The van der Waals surface area contributed by atoms with Gasteiger partial charge in [-0.25, -0.2) is 0 Å². The van der Waals surface area contributed by atoms with Crippen molar-refractivity contribution in [2.75, 3.05) is 0 Å². The van der Waals surface area contributed by atoms with Gasteiger partial charge in [-0.1, -0.05) is 56.9 Å². The molecule has 0 heterocycles. The van der Waals surface area contributed by atoms with Gasteiger partial charge in [0.1, 0.15) is 12.2 Å². The quantitative estimate of drug-likeness (QED) is 0.290. The number of carbonyl (C=O) groups is 1. The summed E-state index contributed by atoms with van der Waals surface area (Å²) in [6, 6.07) is 0. The summed E-state index contributed by atoms with van der Waals surface area (Å²) >= 11 is 0. The molecule has 134 valence electrons. The van der Waals surface area contributed by atoms with Crippen LogP contribution in [0.5, 0.6) is 0 Å². The first-order valence-electron chi connectivity index (χ1n) is 8.56. The fourth-order valence-corrected chi connectivity index (χ4v) is 2.23. The lowest BCUT2D eigenvalue weighted by atomic mass is 10.0. The fraction of sp³-hybridized carbons (Fsp3) is 0.722. The third kappa shape index (κ3) is 13.0. The van der Waals surface area contributed by atoms with E-state index in [0.29, 0.717) is 19.3 Å². The molecule has 0 fully saturated rings. The predicted octanol–water partition coefficient (Wildman–Crippen LogP) is 2.80.